The lowest BCUT2D eigenvalue weighted by atomic mass is 10.1. The number of hydrogen-bond acceptors (Lipinski definition) is 5. The van der Waals surface area contributed by atoms with E-state index in [0.29, 0.717) is 39.1 Å². The zero-order valence-electron chi connectivity index (χ0n) is 20.4. The maximum absolute atomic E-state index is 13.1. The normalized spacial score (nSPS) is 11.4. The van der Waals surface area contributed by atoms with Crippen LogP contribution < -0.4 is 16.2 Å². The van der Waals surface area contributed by atoms with Crippen molar-refractivity contribution in [2.75, 3.05) is 5.32 Å². The Kier molecular flexibility index (Phi) is 7.24. The Balaban J connectivity index is 1.53. The smallest absolute Gasteiger partial charge is 0.407 e. The van der Waals surface area contributed by atoms with Gasteiger partial charge in [-0.3, -0.25) is 4.79 Å². The van der Waals surface area contributed by atoms with Gasteiger partial charge in [-0.05, 0) is 56.7 Å². The van der Waals surface area contributed by atoms with E-state index in [2.05, 4.69) is 15.6 Å². The molecule has 0 saturated heterocycles. The summed E-state index contributed by atoms with van der Waals surface area (Å²) in [7, 11) is 1.70. The van der Waals surface area contributed by atoms with Gasteiger partial charge >= 0.3 is 6.09 Å². The molecule has 4 rings (SSSR count). The van der Waals surface area contributed by atoms with Crippen molar-refractivity contribution in [1.82, 2.24) is 14.9 Å². The number of halogens is 2. The lowest BCUT2D eigenvalue weighted by Gasteiger charge is -2.19. The van der Waals surface area contributed by atoms with Gasteiger partial charge in [0.05, 0.1) is 21.1 Å². The highest BCUT2D eigenvalue weighted by Crippen LogP contribution is 2.34. The van der Waals surface area contributed by atoms with Crippen molar-refractivity contribution in [3.63, 3.8) is 0 Å². The lowest BCUT2D eigenvalue weighted by molar-refractivity contribution is 0.0523. The number of nitrogens with zero attached hydrogens (tertiary/aromatic N) is 2. The number of carbonyl (C=O) groups is 1. The molecule has 0 saturated carbocycles. The van der Waals surface area contributed by atoms with Crippen LogP contribution in [0, 0.1) is 0 Å². The Hall–Kier alpha value is -3.55. The number of ether oxygens (including phenoxy) is 1. The molecule has 7 nitrogen and oxygen atoms in total. The average molecular weight is 525 g/mol. The largest absolute Gasteiger partial charge is 0.444 e. The number of aromatic nitrogens is 2. The molecular formula is C27H26Cl2N4O3. The van der Waals surface area contributed by atoms with Crippen molar-refractivity contribution in [3.8, 4) is 11.1 Å². The van der Waals surface area contributed by atoms with Gasteiger partial charge in [-0.1, -0.05) is 41.4 Å². The minimum atomic E-state index is -0.544. The molecule has 4 aromatic rings. The number of benzene rings is 2. The molecule has 2 N–H and O–H groups in total. The Bertz CT molecular complexity index is 1470. The zero-order valence-corrected chi connectivity index (χ0v) is 21.9. The summed E-state index contributed by atoms with van der Waals surface area (Å²) < 4.78 is 6.81. The fourth-order valence-electron chi connectivity index (χ4n) is 3.71. The third-order valence-corrected chi connectivity index (χ3v) is 6.03. The second kappa shape index (κ2) is 10.2. The summed E-state index contributed by atoms with van der Waals surface area (Å²) in [5.41, 5.74) is 2.61. The molecule has 186 valence electrons. The van der Waals surface area contributed by atoms with Crippen LogP contribution in [0.15, 0.2) is 65.6 Å². The maximum Gasteiger partial charge on any atom is 0.407 e. The molecule has 2 aromatic heterocycles. The number of aryl methyl sites for hydroxylation is 1. The van der Waals surface area contributed by atoms with Crippen LogP contribution in [0.1, 0.15) is 26.3 Å². The molecule has 1 amide bonds. The van der Waals surface area contributed by atoms with Crippen LogP contribution in [-0.2, 0) is 18.3 Å². The first kappa shape index (κ1) is 25.5. The highest BCUT2D eigenvalue weighted by molar-refractivity contribution is 6.39. The number of anilines is 2. The second-order valence-corrected chi connectivity index (χ2v) is 10.1. The molecule has 0 atom stereocenters. The van der Waals surface area contributed by atoms with Crippen LogP contribution in [-0.4, -0.2) is 21.2 Å². The molecule has 0 aliphatic carbocycles. The third-order valence-electron chi connectivity index (χ3n) is 5.40. The highest BCUT2D eigenvalue weighted by Gasteiger charge is 2.17. The number of nitrogens with one attached hydrogen (secondary N) is 2. The van der Waals surface area contributed by atoms with E-state index in [1.54, 1.807) is 42.1 Å². The topological polar surface area (TPSA) is 85.3 Å². The van der Waals surface area contributed by atoms with Crippen LogP contribution in [0.4, 0.5) is 16.3 Å². The van der Waals surface area contributed by atoms with Crippen molar-refractivity contribution in [3.05, 3.63) is 86.8 Å². The number of fused-ring (bicyclic) bond motifs is 1. The maximum atomic E-state index is 13.1. The van der Waals surface area contributed by atoms with Crippen molar-refractivity contribution in [2.45, 2.75) is 32.9 Å². The van der Waals surface area contributed by atoms with Crippen molar-refractivity contribution in [2.24, 2.45) is 7.05 Å². The van der Waals surface area contributed by atoms with Gasteiger partial charge in [0.1, 0.15) is 11.4 Å². The van der Waals surface area contributed by atoms with E-state index < -0.39 is 11.7 Å². The molecule has 9 heteroatoms. The fraction of sp³-hybridized carbons (Fsp3) is 0.222. The molecule has 2 heterocycles. The number of carbonyl (C=O) groups excluding carboxylic acids is 1. The van der Waals surface area contributed by atoms with Crippen LogP contribution in [0.5, 0.6) is 0 Å². The molecule has 0 radical (unpaired) electrons. The highest BCUT2D eigenvalue weighted by atomic mass is 35.5. The SMILES string of the molecule is Cn1c(=O)c(-c2c(Cl)cccc2Cl)cc2cnc(Nc3ccc(CNC(=O)OC(C)(C)C)cc3)cc21. The van der Waals surface area contributed by atoms with Crippen molar-refractivity contribution < 1.29 is 9.53 Å². The van der Waals surface area contributed by atoms with E-state index in [9.17, 15) is 9.59 Å². The molecule has 0 aliphatic heterocycles. The lowest BCUT2D eigenvalue weighted by Crippen LogP contribution is -2.32. The summed E-state index contributed by atoms with van der Waals surface area (Å²) in [5, 5.41) is 7.59. The van der Waals surface area contributed by atoms with Gasteiger partial charge in [-0.15, -0.1) is 0 Å². The average Bonchev–Trinajstić information content (AvgIpc) is 2.81. The molecule has 0 unspecified atom stereocenters. The van der Waals surface area contributed by atoms with E-state index in [0.717, 1.165) is 16.6 Å². The van der Waals surface area contributed by atoms with Gasteiger partial charge in [0.25, 0.3) is 5.56 Å². The van der Waals surface area contributed by atoms with Gasteiger partial charge in [-0.2, -0.15) is 0 Å². The number of rotatable bonds is 5. The Labute approximate surface area is 219 Å². The summed E-state index contributed by atoms with van der Waals surface area (Å²) in [6, 6.07) is 16.3. The van der Waals surface area contributed by atoms with Gasteiger partial charge in [-0.25, -0.2) is 9.78 Å². The standard InChI is InChI=1S/C27H26Cl2N4O3/c1-27(2,3)36-26(35)31-14-16-8-10-18(11-9-16)32-23-13-22-17(15-30-23)12-19(25(34)33(22)4)24-20(28)6-5-7-21(24)29/h5-13,15H,14H2,1-4H3,(H,30,32)(H,31,35). The minimum Gasteiger partial charge on any atom is -0.444 e. The second-order valence-electron chi connectivity index (χ2n) is 9.32. The summed E-state index contributed by atoms with van der Waals surface area (Å²) in [6.07, 6.45) is 1.24. The molecular weight excluding hydrogens is 499 g/mol. The molecule has 0 spiro atoms. The van der Waals surface area contributed by atoms with Crippen LogP contribution >= 0.6 is 23.2 Å². The predicted molar refractivity (Wildman–Crippen MR) is 145 cm³/mol. The van der Waals surface area contributed by atoms with Gasteiger partial charge in [0.15, 0.2) is 0 Å². The van der Waals surface area contributed by atoms with Crippen LogP contribution in [0.3, 0.4) is 0 Å². The molecule has 2 aromatic carbocycles. The van der Waals surface area contributed by atoms with E-state index in [1.165, 1.54) is 0 Å². The number of alkyl carbamates (subject to hydrolysis) is 1. The van der Waals surface area contributed by atoms with Gasteiger partial charge in [0.2, 0.25) is 0 Å². The Morgan fingerprint density at radius 2 is 1.72 bits per heavy atom. The summed E-state index contributed by atoms with van der Waals surface area (Å²) in [4.78, 5) is 29.5. The Morgan fingerprint density at radius 1 is 1.06 bits per heavy atom. The molecule has 0 aliphatic rings. The minimum absolute atomic E-state index is 0.212. The monoisotopic (exact) mass is 524 g/mol. The molecule has 36 heavy (non-hydrogen) atoms. The van der Waals surface area contributed by atoms with E-state index in [-0.39, 0.29) is 5.56 Å². The van der Waals surface area contributed by atoms with Gasteiger partial charge < -0.3 is 19.9 Å². The molecule has 0 fully saturated rings. The summed E-state index contributed by atoms with van der Waals surface area (Å²) >= 11 is 12.7. The first-order chi connectivity index (χ1) is 17.0. The number of amides is 1. The number of hydrogen-bond donors (Lipinski definition) is 2. The summed E-state index contributed by atoms with van der Waals surface area (Å²) in [5.74, 6) is 0.584. The quantitative estimate of drug-likeness (QED) is 0.304. The van der Waals surface area contributed by atoms with E-state index in [4.69, 9.17) is 27.9 Å². The zero-order chi connectivity index (χ0) is 26.0. The van der Waals surface area contributed by atoms with Crippen LogP contribution in [0.25, 0.3) is 22.0 Å². The van der Waals surface area contributed by atoms with Crippen molar-refractivity contribution in [1.29, 1.82) is 0 Å². The van der Waals surface area contributed by atoms with Crippen molar-refractivity contribution >= 4 is 51.7 Å². The van der Waals surface area contributed by atoms with E-state index in [1.807, 2.05) is 51.1 Å². The van der Waals surface area contributed by atoms with E-state index >= 15 is 0 Å². The summed E-state index contributed by atoms with van der Waals surface area (Å²) in [6.45, 7) is 5.81. The number of pyridine rings is 2. The predicted octanol–water partition coefficient (Wildman–Crippen LogP) is 6.68. The molecule has 0 bridgehead atoms. The van der Waals surface area contributed by atoms with Gasteiger partial charge in [0, 0.05) is 42.5 Å². The Morgan fingerprint density at radius 3 is 2.36 bits per heavy atom. The third kappa shape index (κ3) is 5.80. The van der Waals surface area contributed by atoms with Crippen LogP contribution in [0.2, 0.25) is 10.0 Å². The fourth-order valence-corrected chi connectivity index (χ4v) is 4.31. The first-order valence-corrected chi connectivity index (χ1v) is 12.0. The first-order valence-electron chi connectivity index (χ1n) is 11.3.